The Morgan fingerprint density at radius 1 is 1.00 bits per heavy atom. The van der Waals surface area contributed by atoms with Gasteiger partial charge in [0.1, 0.15) is 5.82 Å². The molecule has 8 heteroatoms. The van der Waals surface area contributed by atoms with Gasteiger partial charge in [0, 0.05) is 16.6 Å². The van der Waals surface area contributed by atoms with Crippen molar-refractivity contribution >= 4 is 33.5 Å². The summed E-state index contributed by atoms with van der Waals surface area (Å²) in [6.45, 7) is 0. The van der Waals surface area contributed by atoms with Crippen molar-refractivity contribution in [3.05, 3.63) is 51.7 Å². The second-order valence-electron chi connectivity index (χ2n) is 4.82. The minimum absolute atomic E-state index is 0.0896. The van der Waals surface area contributed by atoms with Gasteiger partial charge in [0.15, 0.2) is 11.5 Å². The number of carbonyl (C=O) groups excluding carboxylic acids is 2. The van der Waals surface area contributed by atoms with Crippen LogP contribution in [0.3, 0.4) is 0 Å². The summed E-state index contributed by atoms with van der Waals surface area (Å²) in [6.07, 6.45) is 0. The van der Waals surface area contributed by atoms with Gasteiger partial charge in [-0.05, 0) is 34.1 Å². The molecule has 0 aliphatic carbocycles. The largest absolute Gasteiger partial charge is 0.493 e. The molecule has 0 atom stereocenters. The number of hydrogen-bond donors (Lipinski definition) is 1. The number of ether oxygens (including phenoxy) is 3. The van der Waals surface area contributed by atoms with Crippen LogP contribution in [0, 0.1) is 5.82 Å². The van der Waals surface area contributed by atoms with Crippen molar-refractivity contribution < 1.29 is 28.2 Å². The van der Waals surface area contributed by atoms with Crippen molar-refractivity contribution in [3.8, 4) is 11.5 Å². The quantitative estimate of drug-likeness (QED) is 0.760. The molecule has 132 valence electrons. The van der Waals surface area contributed by atoms with Gasteiger partial charge in [-0.1, -0.05) is 0 Å². The standard InChI is InChI=1S/C17H15BrFNO5/c1-23-14-7-11(17(22)25-3)13(8-15(14)24-2)20-16(21)10-5-4-9(19)6-12(10)18/h4-8H,1-3H3,(H,20,21). The molecule has 0 aliphatic rings. The van der Waals surface area contributed by atoms with Crippen LogP contribution in [-0.4, -0.2) is 33.2 Å². The molecule has 0 unspecified atom stereocenters. The van der Waals surface area contributed by atoms with E-state index in [1.807, 2.05) is 0 Å². The summed E-state index contributed by atoms with van der Waals surface area (Å²) >= 11 is 3.14. The van der Waals surface area contributed by atoms with Crippen LogP contribution in [-0.2, 0) is 4.74 Å². The number of nitrogens with one attached hydrogen (secondary N) is 1. The van der Waals surface area contributed by atoms with Crippen molar-refractivity contribution in [1.82, 2.24) is 0 Å². The molecule has 0 fully saturated rings. The minimum Gasteiger partial charge on any atom is -0.493 e. The first kappa shape index (κ1) is 18.7. The fraction of sp³-hybridized carbons (Fsp3) is 0.176. The molecule has 2 aromatic rings. The Kier molecular flexibility index (Phi) is 5.97. The van der Waals surface area contributed by atoms with Gasteiger partial charge in [0.25, 0.3) is 5.91 Å². The fourth-order valence-electron chi connectivity index (χ4n) is 2.12. The Hall–Kier alpha value is -2.61. The van der Waals surface area contributed by atoms with E-state index in [1.54, 1.807) is 0 Å². The Morgan fingerprint density at radius 2 is 1.64 bits per heavy atom. The Morgan fingerprint density at radius 3 is 2.20 bits per heavy atom. The maximum absolute atomic E-state index is 13.2. The first-order valence-electron chi connectivity index (χ1n) is 7.02. The lowest BCUT2D eigenvalue weighted by molar-refractivity contribution is 0.0601. The van der Waals surface area contributed by atoms with E-state index in [4.69, 9.17) is 14.2 Å². The zero-order chi connectivity index (χ0) is 18.6. The van der Waals surface area contributed by atoms with Gasteiger partial charge in [-0.15, -0.1) is 0 Å². The molecule has 0 heterocycles. The van der Waals surface area contributed by atoms with Gasteiger partial charge in [-0.25, -0.2) is 9.18 Å². The second-order valence-corrected chi connectivity index (χ2v) is 5.68. The average Bonchev–Trinajstić information content (AvgIpc) is 2.60. The predicted molar refractivity (Wildman–Crippen MR) is 92.9 cm³/mol. The minimum atomic E-state index is -0.658. The summed E-state index contributed by atoms with van der Waals surface area (Å²) in [7, 11) is 4.08. The van der Waals surface area contributed by atoms with Gasteiger partial charge in [-0.2, -0.15) is 0 Å². The third-order valence-electron chi connectivity index (χ3n) is 3.35. The molecule has 0 spiro atoms. The SMILES string of the molecule is COC(=O)c1cc(OC)c(OC)cc1NC(=O)c1ccc(F)cc1Br. The van der Waals surface area contributed by atoms with E-state index in [0.29, 0.717) is 11.5 Å². The van der Waals surface area contributed by atoms with Crippen molar-refractivity contribution in [2.24, 2.45) is 0 Å². The van der Waals surface area contributed by atoms with E-state index >= 15 is 0 Å². The molecule has 0 radical (unpaired) electrons. The molecular weight excluding hydrogens is 397 g/mol. The molecule has 1 amide bonds. The highest BCUT2D eigenvalue weighted by Crippen LogP contribution is 2.34. The van der Waals surface area contributed by atoms with Gasteiger partial charge >= 0.3 is 5.97 Å². The van der Waals surface area contributed by atoms with Crippen molar-refractivity contribution in [1.29, 1.82) is 0 Å². The second kappa shape index (κ2) is 7.98. The third-order valence-corrected chi connectivity index (χ3v) is 4.01. The number of hydrogen-bond acceptors (Lipinski definition) is 5. The van der Waals surface area contributed by atoms with Crippen molar-refractivity contribution in [2.75, 3.05) is 26.6 Å². The van der Waals surface area contributed by atoms with Crippen LogP contribution in [0.1, 0.15) is 20.7 Å². The van der Waals surface area contributed by atoms with E-state index in [1.165, 1.54) is 45.6 Å². The third kappa shape index (κ3) is 4.08. The highest BCUT2D eigenvalue weighted by atomic mass is 79.9. The van der Waals surface area contributed by atoms with Crippen LogP contribution in [0.4, 0.5) is 10.1 Å². The molecule has 2 aromatic carbocycles. The maximum atomic E-state index is 13.2. The molecule has 2 rings (SSSR count). The van der Waals surface area contributed by atoms with Crippen molar-refractivity contribution in [3.63, 3.8) is 0 Å². The summed E-state index contributed by atoms with van der Waals surface area (Å²) < 4.78 is 28.5. The number of esters is 1. The summed E-state index contributed by atoms with van der Waals surface area (Å²) in [6, 6.07) is 6.51. The molecule has 25 heavy (non-hydrogen) atoms. The lowest BCUT2D eigenvalue weighted by atomic mass is 10.1. The number of anilines is 1. The molecule has 0 aromatic heterocycles. The molecule has 0 saturated carbocycles. The van der Waals surface area contributed by atoms with Crippen molar-refractivity contribution in [2.45, 2.75) is 0 Å². The molecule has 0 aliphatic heterocycles. The predicted octanol–water partition coefficient (Wildman–Crippen LogP) is 3.64. The highest BCUT2D eigenvalue weighted by molar-refractivity contribution is 9.10. The Balaban J connectivity index is 2.46. The number of halogens is 2. The lowest BCUT2D eigenvalue weighted by Gasteiger charge is -2.15. The average molecular weight is 412 g/mol. The van der Waals surface area contributed by atoms with E-state index in [2.05, 4.69) is 21.2 Å². The summed E-state index contributed by atoms with van der Waals surface area (Å²) in [4.78, 5) is 24.5. The highest BCUT2D eigenvalue weighted by Gasteiger charge is 2.20. The van der Waals surface area contributed by atoms with E-state index in [-0.39, 0.29) is 21.3 Å². The van der Waals surface area contributed by atoms with E-state index in [0.717, 1.165) is 6.07 Å². The first-order valence-corrected chi connectivity index (χ1v) is 7.81. The Labute approximate surface area is 152 Å². The fourth-order valence-corrected chi connectivity index (χ4v) is 2.66. The smallest absolute Gasteiger partial charge is 0.340 e. The van der Waals surface area contributed by atoms with Crippen LogP contribution < -0.4 is 14.8 Å². The van der Waals surface area contributed by atoms with E-state index in [9.17, 15) is 14.0 Å². The lowest BCUT2D eigenvalue weighted by Crippen LogP contribution is -2.16. The normalized spacial score (nSPS) is 10.1. The van der Waals surface area contributed by atoms with Crippen LogP contribution in [0.5, 0.6) is 11.5 Å². The van der Waals surface area contributed by atoms with Gasteiger partial charge in [0.2, 0.25) is 0 Å². The van der Waals surface area contributed by atoms with Gasteiger partial charge in [0.05, 0.1) is 38.1 Å². The number of benzene rings is 2. The van der Waals surface area contributed by atoms with Crippen LogP contribution >= 0.6 is 15.9 Å². The number of amides is 1. The van der Waals surface area contributed by atoms with Gasteiger partial charge < -0.3 is 19.5 Å². The maximum Gasteiger partial charge on any atom is 0.340 e. The number of methoxy groups -OCH3 is 3. The van der Waals surface area contributed by atoms with Crippen LogP contribution in [0.15, 0.2) is 34.8 Å². The first-order chi connectivity index (χ1) is 11.9. The number of carbonyl (C=O) groups is 2. The summed E-state index contributed by atoms with van der Waals surface area (Å²) in [5.41, 5.74) is 0.462. The Bertz CT molecular complexity index is 825. The van der Waals surface area contributed by atoms with Crippen LogP contribution in [0.25, 0.3) is 0 Å². The van der Waals surface area contributed by atoms with E-state index < -0.39 is 17.7 Å². The number of rotatable bonds is 5. The summed E-state index contributed by atoms with van der Waals surface area (Å²) in [5, 5.41) is 2.60. The van der Waals surface area contributed by atoms with Crippen LogP contribution in [0.2, 0.25) is 0 Å². The zero-order valence-corrected chi connectivity index (χ0v) is 15.3. The summed E-state index contributed by atoms with van der Waals surface area (Å²) in [5.74, 6) is -1.05. The molecular formula is C17H15BrFNO5. The molecule has 0 saturated heterocycles. The van der Waals surface area contributed by atoms with Gasteiger partial charge in [-0.3, -0.25) is 4.79 Å². The molecule has 6 nitrogen and oxygen atoms in total. The molecule has 1 N–H and O–H groups in total. The zero-order valence-electron chi connectivity index (χ0n) is 13.7. The topological polar surface area (TPSA) is 73.9 Å². The monoisotopic (exact) mass is 411 g/mol. The molecule has 0 bridgehead atoms.